The molecular formula is C17H19N3O2. The molecule has 2 aromatic rings. The fraction of sp³-hybridized carbons (Fsp3) is 0.412. The molecule has 0 atom stereocenters. The van der Waals surface area contributed by atoms with Crippen LogP contribution >= 0.6 is 0 Å². The lowest BCUT2D eigenvalue weighted by molar-refractivity contribution is 0.170. The van der Waals surface area contributed by atoms with Crippen LogP contribution in [0.3, 0.4) is 0 Å². The van der Waals surface area contributed by atoms with E-state index in [0.29, 0.717) is 19.8 Å². The van der Waals surface area contributed by atoms with Gasteiger partial charge in [0, 0.05) is 12.1 Å². The first-order valence-electron chi connectivity index (χ1n) is 7.86. The summed E-state index contributed by atoms with van der Waals surface area (Å²) in [6.45, 7) is 1.86. The van der Waals surface area contributed by atoms with Crippen molar-refractivity contribution in [2.45, 2.75) is 32.2 Å². The van der Waals surface area contributed by atoms with Crippen LogP contribution in [0.5, 0.6) is 11.5 Å². The van der Waals surface area contributed by atoms with Crippen molar-refractivity contribution in [2.75, 3.05) is 18.5 Å². The Labute approximate surface area is 129 Å². The molecule has 2 heterocycles. The molecule has 0 saturated carbocycles. The molecule has 0 fully saturated rings. The van der Waals surface area contributed by atoms with Crippen LogP contribution in [0, 0.1) is 0 Å². The predicted molar refractivity (Wildman–Crippen MR) is 83.4 cm³/mol. The average molecular weight is 297 g/mol. The number of nitrogens with zero attached hydrogens (tertiary/aromatic N) is 2. The second-order valence-corrected chi connectivity index (χ2v) is 5.65. The van der Waals surface area contributed by atoms with E-state index < -0.39 is 0 Å². The molecule has 1 aliphatic carbocycles. The van der Waals surface area contributed by atoms with Gasteiger partial charge in [-0.05, 0) is 31.7 Å². The summed E-state index contributed by atoms with van der Waals surface area (Å²) in [5.74, 6) is 2.49. The van der Waals surface area contributed by atoms with Gasteiger partial charge in [-0.3, -0.25) is 4.98 Å². The summed E-state index contributed by atoms with van der Waals surface area (Å²) in [5.41, 5.74) is 3.38. The molecule has 1 aliphatic heterocycles. The number of hydrogen-bond acceptors (Lipinski definition) is 5. The fourth-order valence-electron chi connectivity index (χ4n) is 2.99. The van der Waals surface area contributed by atoms with Crippen LogP contribution in [0.15, 0.2) is 24.4 Å². The maximum atomic E-state index is 5.73. The van der Waals surface area contributed by atoms with E-state index >= 15 is 0 Å². The van der Waals surface area contributed by atoms with Crippen molar-refractivity contribution in [3.63, 3.8) is 0 Å². The van der Waals surface area contributed by atoms with Gasteiger partial charge in [0.1, 0.15) is 19.0 Å². The molecule has 4 rings (SSSR count). The van der Waals surface area contributed by atoms with E-state index in [1.165, 1.54) is 12.8 Å². The number of aromatic nitrogens is 2. The minimum atomic E-state index is 0.600. The monoisotopic (exact) mass is 297 g/mol. The zero-order valence-corrected chi connectivity index (χ0v) is 12.5. The van der Waals surface area contributed by atoms with Crippen molar-refractivity contribution >= 4 is 5.82 Å². The highest BCUT2D eigenvalue weighted by molar-refractivity contribution is 5.49. The number of benzene rings is 1. The van der Waals surface area contributed by atoms with E-state index in [0.717, 1.165) is 47.1 Å². The Kier molecular flexibility index (Phi) is 3.54. The summed E-state index contributed by atoms with van der Waals surface area (Å²) in [6.07, 6.45) is 6.36. The number of nitrogens with one attached hydrogen (secondary N) is 1. The van der Waals surface area contributed by atoms with E-state index in [1.54, 1.807) is 0 Å². The minimum Gasteiger partial charge on any atom is -0.486 e. The van der Waals surface area contributed by atoms with Crippen molar-refractivity contribution in [3.8, 4) is 11.5 Å². The second kappa shape index (κ2) is 5.83. The zero-order valence-electron chi connectivity index (χ0n) is 12.5. The van der Waals surface area contributed by atoms with E-state index in [1.807, 2.05) is 24.4 Å². The number of aryl methyl sites for hydroxylation is 2. The number of para-hydroxylation sites is 1. The van der Waals surface area contributed by atoms with Crippen LogP contribution in [-0.4, -0.2) is 23.2 Å². The molecule has 1 aromatic heterocycles. The molecular weight excluding hydrogens is 278 g/mol. The Morgan fingerprint density at radius 1 is 1.05 bits per heavy atom. The van der Waals surface area contributed by atoms with Gasteiger partial charge in [0.15, 0.2) is 11.5 Å². The third kappa shape index (κ3) is 2.58. The summed E-state index contributed by atoms with van der Waals surface area (Å²) in [6, 6.07) is 5.98. The van der Waals surface area contributed by atoms with Crippen molar-refractivity contribution in [2.24, 2.45) is 0 Å². The van der Waals surface area contributed by atoms with Crippen molar-refractivity contribution in [3.05, 3.63) is 41.3 Å². The van der Waals surface area contributed by atoms with Crippen molar-refractivity contribution in [1.82, 2.24) is 9.97 Å². The number of rotatable bonds is 3. The molecule has 0 spiro atoms. The molecule has 0 saturated heterocycles. The van der Waals surface area contributed by atoms with Crippen LogP contribution in [0.25, 0.3) is 0 Å². The highest BCUT2D eigenvalue weighted by atomic mass is 16.6. The molecule has 1 aromatic carbocycles. The SMILES string of the molecule is c1cc(CNc2cnc3c(n2)CCCC3)c2c(c1)OCCO2. The van der Waals surface area contributed by atoms with Crippen LogP contribution < -0.4 is 14.8 Å². The minimum absolute atomic E-state index is 0.600. The Hall–Kier alpha value is -2.30. The van der Waals surface area contributed by atoms with Crippen molar-refractivity contribution in [1.29, 1.82) is 0 Å². The van der Waals surface area contributed by atoms with E-state index in [2.05, 4.69) is 10.3 Å². The summed E-state index contributed by atoms with van der Waals surface area (Å²) in [7, 11) is 0. The number of ether oxygens (including phenoxy) is 2. The lowest BCUT2D eigenvalue weighted by Crippen LogP contribution is -2.17. The van der Waals surface area contributed by atoms with Gasteiger partial charge in [0.25, 0.3) is 0 Å². The normalized spacial score (nSPS) is 16.0. The van der Waals surface area contributed by atoms with Gasteiger partial charge in [-0.25, -0.2) is 4.98 Å². The molecule has 0 amide bonds. The first-order chi connectivity index (χ1) is 10.9. The molecule has 1 N–H and O–H groups in total. The largest absolute Gasteiger partial charge is 0.486 e. The quantitative estimate of drug-likeness (QED) is 0.944. The Morgan fingerprint density at radius 3 is 2.86 bits per heavy atom. The number of anilines is 1. The van der Waals surface area contributed by atoms with E-state index in [-0.39, 0.29) is 0 Å². The van der Waals surface area contributed by atoms with E-state index in [4.69, 9.17) is 14.5 Å². The Balaban J connectivity index is 1.51. The average Bonchev–Trinajstić information content (AvgIpc) is 2.60. The van der Waals surface area contributed by atoms with Crippen LogP contribution in [0.2, 0.25) is 0 Å². The third-order valence-corrected chi connectivity index (χ3v) is 4.12. The molecule has 5 heteroatoms. The molecule has 0 radical (unpaired) electrons. The summed E-state index contributed by atoms with van der Waals surface area (Å²) in [5, 5.41) is 3.35. The topological polar surface area (TPSA) is 56.3 Å². The van der Waals surface area contributed by atoms with Gasteiger partial charge >= 0.3 is 0 Å². The molecule has 0 bridgehead atoms. The van der Waals surface area contributed by atoms with Gasteiger partial charge in [-0.2, -0.15) is 0 Å². The summed E-state index contributed by atoms with van der Waals surface area (Å²) in [4.78, 5) is 9.23. The van der Waals surface area contributed by atoms with E-state index in [9.17, 15) is 0 Å². The molecule has 0 unspecified atom stereocenters. The van der Waals surface area contributed by atoms with Gasteiger partial charge in [-0.15, -0.1) is 0 Å². The predicted octanol–water partition coefficient (Wildman–Crippen LogP) is 2.74. The van der Waals surface area contributed by atoms with Gasteiger partial charge < -0.3 is 14.8 Å². The summed E-state index contributed by atoms with van der Waals surface area (Å²) < 4.78 is 11.3. The Morgan fingerprint density at radius 2 is 1.91 bits per heavy atom. The van der Waals surface area contributed by atoms with Gasteiger partial charge in [-0.1, -0.05) is 12.1 Å². The first kappa shape index (κ1) is 13.4. The number of fused-ring (bicyclic) bond motifs is 2. The molecule has 22 heavy (non-hydrogen) atoms. The summed E-state index contributed by atoms with van der Waals surface area (Å²) >= 11 is 0. The van der Waals surface area contributed by atoms with Crippen LogP contribution in [-0.2, 0) is 19.4 Å². The van der Waals surface area contributed by atoms with Gasteiger partial charge in [0.2, 0.25) is 0 Å². The molecule has 5 nitrogen and oxygen atoms in total. The lowest BCUT2D eigenvalue weighted by atomic mass is 10.0. The maximum absolute atomic E-state index is 5.73. The lowest BCUT2D eigenvalue weighted by Gasteiger charge is -2.21. The highest BCUT2D eigenvalue weighted by Gasteiger charge is 2.16. The maximum Gasteiger partial charge on any atom is 0.166 e. The number of hydrogen-bond donors (Lipinski definition) is 1. The van der Waals surface area contributed by atoms with Gasteiger partial charge in [0.05, 0.1) is 17.6 Å². The van der Waals surface area contributed by atoms with Crippen LogP contribution in [0.4, 0.5) is 5.82 Å². The van der Waals surface area contributed by atoms with Crippen LogP contribution in [0.1, 0.15) is 29.8 Å². The standard InChI is InChI=1S/C17H19N3O2/c1-2-6-14-13(5-1)18-11-16(20-14)19-10-12-4-3-7-15-17(12)22-9-8-21-15/h3-4,7,11H,1-2,5-6,8-10H2,(H,19,20). The molecule has 114 valence electrons. The smallest absolute Gasteiger partial charge is 0.166 e. The second-order valence-electron chi connectivity index (χ2n) is 5.65. The molecule has 2 aliphatic rings. The highest BCUT2D eigenvalue weighted by Crippen LogP contribution is 2.33. The first-order valence-corrected chi connectivity index (χ1v) is 7.86. The zero-order chi connectivity index (χ0) is 14.8. The third-order valence-electron chi connectivity index (χ3n) is 4.12. The fourth-order valence-corrected chi connectivity index (χ4v) is 2.99. The van der Waals surface area contributed by atoms with Crippen molar-refractivity contribution < 1.29 is 9.47 Å². The Bertz CT molecular complexity index is 688.